The fourth-order valence-corrected chi connectivity index (χ4v) is 4.24. The van der Waals surface area contributed by atoms with Gasteiger partial charge in [-0.1, -0.05) is 32.1 Å². The number of allylic oxidation sites excluding steroid dienone is 1. The quantitative estimate of drug-likeness (QED) is 0.284. The number of rotatable bonds is 4. The molecule has 8 nitrogen and oxygen atoms in total. The van der Waals surface area contributed by atoms with Gasteiger partial charge in [-0.3, -0.25) is 10.3 Å². The number of anilines is 1. The normalized spacial score (nSPS) is 17.1. The third-order valence-electron chi connectivity index (χ3n) is 5.84. The molecule has 0 spiro atoms. The van der Waals surface area contributed by atoms with E-state index >= 15 is 0 Å². The molecule has 0 amide bonds. The first-order valence-corrected chi connectivity index (χ1v) is 11.1. The van der Waals surface area contributed by atoms with Crippen molar-refractivity contribution in [2.45, 2.75) is 26.8 Å². The second-order valence-corrected chi connectivity index (χ2v) is 8.27. The summed E-state index contributed by atoms with van der Waals surface area (Å²) >= 11 is 0. The summed E-state index contributed by atoms with van der Waals surface area (Å²) in [4.78, 5) is 22.6. The molecule has 1 aromatic carbocycles. The van der Waals surface area contributed by atoms with Gasteiger partial charge < -0.3 is 9.80 Å². The standard InChI is InChI=1S/C25H28N8/c1-4-7-19-14-27-17-30-24(19)32-12-13-33(23(15-32)18(2)3)25(29-16-26)31-22-10-5-9-21-20(22)8-6-11-28-21/h4-11,14,17-18,23H,12-13,15H2,1-3H3,(H,29,31)/b7-4+. The van der Waals surface area contributed by atoms with Crippen LogP contribution in [-0.2, 0) is 0 Å². The number of aromatic nitrogens is 3. The molecular formula is C25H28N8. The maximum atomic E-state index is 9.49. The molecule has 1 fully saturated rings. The first-order valence-electron chi connectivity index (χ1n) is 11.1. The van der Waals surface area contributed by atoms with Crippen LogP contribution in [0.1, 0.15) is 26.3 Å². The number of aliphatic imine (C=N–C) groups is 1. The lowest BCUT2D eigenvalue weighted by molar-refractivity contribution is 0.220. The SMILES string of the molecule is C/C=C/c1cncnc1N1CCN(C(=Nc2cccc3ncccc23)NC#N)C(C(C)C)C1. The van der Waals surface area contributed by atoms with Gasteiger partial charge in [-0.05, 0) is 37.1 Å². The fraction of sp³-hybridized carbons (Fsp3) is 0.320. The Morgan fingerprint density at radius 3 is 2.91 bits per heavy atom. The molecule has 2 aromatic heterocycles. The van der Waals surface area contributed by atoms with Crippen molar-refractivity contribution in [2.75, 3.05) is 24.5 Å². The summed E-state index contributed by atoms with van der Waals surface area (Å²) in [7, 11) is 0. The smallest absolute Gasteiger partial charge is 0.213 e. The Labute approximate surface area is 194 Å². The molecule has 1 atom stereocenters. The monoisotopic (exact) mass is 440 g/mol. The number of pyridine rings is 1. The largest absolute Gasteiger partial charge is 0.352 e. The third kappa shape index (κ3) is 4.77. The summed E-state index contributed by atoms with van der Waals surface area (Å²) in [6, 6.07) is 9.90. The van der Waals surface area contributed by atoms with E-state index in [1.54, 1.807) is 12.5 Å². The van der Waals surface area contributed by atoms with Gasteiger partial charge in [-0.2, -0.15) is 5.26 Å². The maximum Gasteiger partial charge on any atom is 0.213 e. The predicted octanol–water partition coefficient (Wildman–Crippen LogP) is 3.96. The van der Waals surface area contributed by atoms with E-state index in [0.717, 1.165) is 41.1 Å². The van der Waals surface area contributed by atoms with Gasteiger partial charge in [0.05, 0.1) is 17.2 Å². The third-order valence-corrected chi connectivity index (χ3v) is 5.84. The van der Waals surface area contributed by atoms with Crippen LogP contribution in [0.2, 0.25) is 0 Å². The van der Waals surface area contributed by atoms with Crippen LogP contribution >= 0.6 is 0 Å². The second-order valence-electron chi connectivity index (χ2n) is 8.27. The average molecular weight is 441 g/mol. The van der Waals surface area contributed by atoms with Gasteiger partial charge in [0.2, 0.25) is 5.96 Å². The Bertz CT molecular complexity index is 1210. The van der Waals surface area contributed by atoms with E-state index in [4.69, 9.17) is 4.99 Å². The molecule has 3 heterocycles. The lowest BCUT2D eigenvalue weighted by atomic mass is 9.99. The number of fused-ring (bicyclic) bond motifs is 1. The van der Waals surface area contributed by atoms with Gasteiger partial charge in [0.15, 0.2) is 6.19 Å². The summed E-state index contributed by atoms with van der Waals surface area (Å²) in [6.45, 7) is 8.61. The van der Waals surface area contributed by atoms with Crippen LogP contribution in [0.4, 0.5) is 11.5 Å². The van der Waals surface area contributed by atoms with E-state index in [-0.39, 0.29) is 6.04 Å². The zero-order chi connectivity index (χ0) is 23.2. The Hall–Kier alpha value is -3.99. The Morgan fingerprint density at radius 2 is 2.12 bits per heavy atom. The van der Waals surface area contributed by atoms with Crippen molar-refractivity contribution in [3.05, 3.63) is 60.7 Å². The number of benzene rings is 1. The molecule has 0 radical (unpaired) electrons. The number of piperazine rings is 1. The Balaban J connectivity index is 1.68. The molecule has 168 valence electrons. The van der Waals surface area contributed by atoms with Crippen LogP contribution in [0.25, 0.3) is 17.0 Å². The summed E-state index contributed by atoms with van der Waals surface area (Å²) in [5.74, 6) is 1.82. The summed E-state index contributed by atoms with van der Waals surface area (Å²) in [5, 5.41) is 13.3. The van der Waals surface area contributed by atoms with Crippen LogP contribution in [0, 0.1) is 17.4 Å². The topological polar surface area (TPSA) is 93.3 Å². The van der Waals surface area contributed by atoms with Crippen molar-refractivity contribution in [1.29, 1.82) is 5.26 Å². The predicted molar refractivity (Wildman–Crippen MR) is 132 cm³/mol. The van der Waals surface area contributed by atoms with Gasteiger partial charge in [-0.15, -0.1) is 0 Å². The van der Waals surface area contributed by atoms with E-state index < -0.39 is 0 Å². The maximum absolute atomic E-state index is 9.49. The van der Waals surface area contributed by atoms with Gasteiger partial charge in [-0.25, -0.2) is 15.0 Å². The number of nitriles is 1. The number of hydrogen-bond donors (Lipinski definition) is 1. The van der Waals surface area contributed by atoms with Crippen molar-refractivity contribution in [3.63, 3.8) is 0 Å². The Kier molecular flexibility index (Phi) is 6.79. The Morgan fingerprint density at radius 1 is 1.24 bits per heavy atom. The highest BCUT2D eigenvalue weighted by Gasteiger charge is 2.33. The first-order chi connectivity index (χ1) is 16.1. The molecule has 8 heteroatoms. The lowest BCUT2D eigenvalue weighted by Crippen LogP contribution is -2.59. The molecule has 1 saturated heterocycles. The number of nitrogens with one attached hydrogen (secondary N) is 1. The van der Waals surface area contributed by atoms with Gasteiger partial charge in [0.25, 0.3) is 0 Å². The van der Waals surface area contributed by atoms with Gasteiger partial charge in [0, 0.05) is 43.0 Å². The van der Waals surface area contributed by atoms with Crippen molar-refractivity contribution in [1.82, 2.24) is 25.2 Å². The molecule has 1 unspecified atom stereocenters. The average Bonchev–Trinajstić information content (AvgIpc) is 2.84. The van der Waals surface area contributed by atoms with Crippen LogP contribution in [0.15, 0.2) is 60.1 Å². The van der Waals surface area contributed by atoms with E-state index in [0.29, 0.717) is 18.4 Å². The minimum absolute atomic E-state index is 0.139. The van der Waals surface area contributed by atoms with E-state index in [9.17, 15) is 5.26 Å². The van der Waals surface area contributed by atoms with Crippen LogP contribution in [-0.4, -0.2) is 51.5 Å². The van der Waals surface area contributed by atoms with E-state index in [1.165, 1.54) is 0 Å². The highest BCUT2D eigenvalue weighted by atomic mass is 15.4. The van der Waals surface area contributed by atoms with Crippen molar-refractivity contribution in [3.8, 4) is 6.19 Å². The number of nitrogens with zero attached hydrogens (tertiary/aromatic N) is 7. The molecule has 3 aromatic rings. The molecule has 33 heavy (non-hydrogen) atoms. The van der Waals surface area contributed by atoms with Crippen molar-refractivity contribution < 1.29 is 0 Å². The van der Waals surface area contributed by atoms with E-state index in [1.807, 2.05) is 55.6 Å². The van der Waals surface area contributed by atoms with Crippen LogP contribution in [0.3, 0.4) is 0 Å². The molecule has 0 bridgehead atoms. The number of hydrogen-bond acceptors (Lipinski definition) is 6. The molecule has 0 aliphatic carbocycles. The second kappa shape index (κ2) is 10.1. The van der Waals surface area contributed by atoms with Crippen LogP contribution < -0.4 is 10.2 Å². The van der Waals surface area contributed by atoms with Gasteiger partial charge in [0.1, 0.15) is 12.1 Å². The molecule has 1 aliphatic heterocycles. The highest BCUT2D eigenvalue weighted by molar-refractivity contribution is 5.94. The van der Waals surface area contributed by atoms with Crippen molar-refractivity contribution in [2.24, 2.45) is 10.9 Å². The molecule has 1 aliphatic rings. The molecule has 0 saturated carbocycles. The summed E-state index contributed by atoms with van der Waals surface area (Å²) in [5.41, 5.74) is 2.67. The molecule has 1 N–H and O–H groups in total. The van der Waals surface area contributed by atoms with Gasteiger partial charge >= 0.3 is 0 Å². The lowest BCUT2D eigenvalue weighted by Gasteiger charge is -2.45. The zero-order valence-corrected chi connectivity index (χ0v) is 19.2. The fourth-order valence-electron chi connectivity index (χ4n) is 4.24. The zero-order valence-electron chi connectivity index (χ0n) is 19.2. The first kappa shape index (κ1) is 22.2. The minimum atomic E-state index is 0.139. The van der Waals surface area contributed by atoms with E-state index in [2.05, 4.69) is 50.1 Å². The highest BCUT2D eigenvalue weighted by Crippen LogP contribution is 2.27. The summed E-state index contributed by atoms with van der Waals surface area (Å²) in [6.07, 6.45) is 11.3. The minimum Gasteiger partial charge on any atom is -0.352 e. The summed E-state index contributed by atoms with van der Waals surface area (Å²) < 4.78 is 0. The number of guanidine groups is 1. The van der Waals surface area contributed by atoms with Crippen LogP contribution in [0.5, 0.6) is 0 Å². The van der Waals surface area contributed by atoms with Crippen molar-refractivity contribution >= 4 is 34.4 Å². The molecular weight excluding hydrogens is 412 g/mol. The molecule has 4 rings (SSSR count).